The molecule has 0 spiro atoms. The summed E-state index contributed by atoms with van der Waals surface area (Å²) in [6.45, 7) is 4.12. The van der Waals surface area contributed by atoms with Crippen LogP contribution < -0.4 is 0 Å². The van der Waals surface area contributed by atoms with Crippen molar-refractivity contribution in [2.75, 3.05) is 19.8 Å². The van der Waals surface area contributed by atoms with E-state index in [1.165, 1.54) is 64.2 Å². The lowest BCUT2D eigenvalue weighted by Crippen LogP contribution is -2.55. The van der Waals surface area contributed by atoms with Crippen molar-refractivity contribution in [1.82, 2.24) is 0 Å². The Morgan fingerprint density at radius 2 is 1.37 bits per heavy atom. The average molecular weight is 387 g/mol. The van der Waals surface area contributed by atoms with Gasteiger partial charge in [-0.05, 0) is 19.3 Å². The number of ether oxygens (including phenoxy) is 2. The molecular weight excluding hydrogens is 344 g/mol. The van der Waals surface area contributed by atoms with E-state index in [1.54, 1.807) is 0 Å². The molecular formula is C22H42O5. The third-order valence-corrected chi connectivity index (χ3v) is 5.37. The largest absolute Gasteiger partial charge is 0.394 e. The summed E-state index contributed by atoms with van der Waals surface area (Å²) in [6, 6.07) is 0. The zero-order valence-electron chi connectivity index (χ0n) is 17.1. The van der Waals surface area contributed by atoms with Gasteiger partial charge in [0.2, 0.25) is 0 Å². The molecule has 4 atom stereocenters. The first kappa shape index (κ1) is 24.6. The molecule has 160 valence electrons. The highest BCUT2D eigenvalue weighted by molar-refractivity contribution is 4.87. The highest BCUT2D eigenvalue weighted by atomic mass is 16.6. The van der Waals surface area contributed by atoms with Crippen molar-refractivity contribution in [2.45, 2.75) is 108 Å². The third-order valence-electron chi connectivity index (χ3n) is 5.37. The van der Waals surface area contributed by atoms with Crippen molar-refractivity contribution in [3.63, 3.8) is 0 Å². The smallest absolute Gasteiger partial charge is 0.114 e. The number of rotatable bonds is 17. The molecule has 1 aliphatic rings. The SMILES string of the molecule is C=CCCCCCCCCCCCCCCO[C@H]1[C@H](O)[C@@H](O)CO[C@@H]1CO. The molecule has 5 nitrogen and oxygen atoms in total. The lowest BCUT2D eigenvalue weighted by Gasteiger charge is -2.37. The molecule has 0 radical (unpaired) electrons. The molecule has 0 amide bonds. The molecule has 0 aromatic carbocycles. The summed E-state index contributed by atoms with van der Waals surface area (Å²) < 4.78 is 11.0. The van der Waals surface area contributed by atoms with Crippen LogP contribution in [0.25, 0.3) is 0 Å². The van der Waals surface area contributed by atoms with Gasteiger partial charge in [-0.3, -0.25) is 0 Å². The first-order chi connectivity index (χ1) is 13.2. The van der Waals surface area contributed by atoms with Crippen molar-refractivity contribution in [1.29, 1.82) is 0 Å². The molecule has 0 saturated carbocycles. The lowest BCUT2D eigenvalue weighted by molar-refractivity contribution is -0.211. The quantitative estimate of drug-likeness (QED) is 0.262. The maximum absolute atomic E-state index is 9.98. The molecule has 0 aromatic heterocycles. The Morgan fingerprint density at radius 3 is 1.89 bits per heavy atom. The maximum Gasteiger partial charge on any atom is 0.114 e. The Hall–Kier alpha value is -0.460. The van der Waals surface area contributed by atoms with Crippen LogP contribution in [0.4, 0.5) is 0 Å². The van der Waals surface area contributed by atoms with E-state index in [0.717, 1.165) is 19.3 Å². The minimum Gasteiger partial charge on any atom is -0.394 e. The second-order valence-electron chi connectivity index (χ2n) is 7.77. The molecule has 0 aromatic rings. The van der Waals surface area contributed by atoms with E-state index in [-0.39, 0.29) is 13.2 Å². The molecule has 1 aliphatic heterocycles. The molecule has 1 fully saturated rings. The van der Waals surface area contributed by atoms with Crippen LogP contribution in [0.5, 0.6) is 0 Å². The topological polar surface area (TPSA) is 79.2 Å². The summed E-state index contributed by atoms with van der Waals surface area (Å²) in [5.41, 5.74) is 0. The highest BCUT2D eigenvalue weighted by Gasteiger charge is 2.39. The maximum atomic E-state index is 9.98. The van der Waals surface area contributed by atoms with Crippen LogP contribution in [0, 0.1) is 0 Å². The van der Waals surface area contributed by atoms with Gasteiger partial charge >= 0.3 is 0 Å². The minimum atomic E-state index is -0.988. The van der Waals surface area contributed by atoms with Crippen molar-refractivity contribution >= 4 is 0 Å². The van der Waals surface area contributed by atoms with Crippen LogP contribution >= 0.6 is 0 Å². The molecule has 5 heteroatoms. The van der Waals surface area contributed by atoms with Gasteiger partial charge in [-0.1, -0.05) is 70.3 Å². The zero-order chi connectivity index (χ0) is 19.7. The van der Waals surface area contributed by atoms with E-state index < -0.39 is 24.4 Å². The molecule has 0 bridgehead atoms. The molecule has 27 heavy (non-hydrogen) atoms. The van der Waals surface area contributed by atoms with Gasteiger partial charge in [0.1, 0.15) is 24.4 Å². The van der Waals surface area contributed by atoms with Crippen LogP contribution in [0.2, 0.25) is 0 Å². The fourth-order valence-corrected chi connectivity index (χ4v) is 3.59. The second-order valence-corrected chi connectivity index (χ2v) is 7.77. The average Bonchev–Trinajstić information content (AvgIpc) is 2.68. The van der Waals surface area contributed by atoms with Crippen molar-refractivity contribution in [3.8, 4) is 0 Å². The van der Waals surface area contributed by atoms with Crippen LogP contribution in [-0.2, 0) is 9.47 Å². The monoisotopic (exact) mass is 386 g/mol. The summed E-state index contributed by atoms with van der Waals surface area (Å²) in [7, 11) is 0. The number of allylic oxidation sites excluding steroid dienone is 1. The van der Waals surface area contributed by atoms with Gasteiger partial charge in [-0.2, -0.15) is 0 Å². The van der Waals surface area contributed by atoms with Gasteiger partial charge in [-0.15, -0.1) is 6.58 Å². The summed E-state index contributed by atoms with van der Waals surface area (Å²) in [6.07, 6.45) is 15.3. The fraction of sp³-hybridized carbons (Fsp3) is 0.909. The Bertz CT molecular complexity index is 348. The van der Waals surface area contributed by atoms with Gasteiger partial charge in [-0.25, -0.2) is 0 Å². The van der Waals surface area contributed by atoms with Gasteiger partial charge < -0.3 is 24.8 Å². The van der Waals surface area contributed by atoms with Gasteiger partial charge in [0, 0.05) is 6.61 Å². The highest BCUT2D eigenvalue weighted by Crippen LogP contribution is 2.19. The standard InChI is InChI=1S/C22H42O5/c1-2-3-4-5-6-7-8-9-10-11-12-13-14-15-16-26-22-20(17-23)27-18-19(24)21(22)25/h2,19-25H,1,3-18H2/t19-,20+,21+,22+/m0/s1. The molecule has 1 rings (SSSR count). The van der Waals surface area contributed by atoms with Crippen LogP contribution in [0.15, 0.2) is 12.7 Å². The van der Waals surface area contributed by atoms with E-state index in [9.17, 15) is 15.3 Å². The summed E-state index contributed by atoms with van der Waals surface area (Å²) in [5.74, 6) is 0. The van der Waals surface area contributed by atoms with Crippen molar-refractivity contribution in [2.24, 2.45) is 0 Å². The Labute approximate surface area is 165 Å². The number of aliphatic hydroxyl groups excluding tert-OH is 3. The third kappa shape index (κ3) is 11.2. The number of unbranched alkanes of at least 4 members (excludes halogenated alkanes) is 12. The summed E-state index contributed by atoms with van der Waals surface area (Å²) in [5, 5.41) is 28.9. The van der Waals surface area contributed by atoms with Crippen molar-refractivity contribution in [3.05, 3.63) is 12.7 Å². The van der Waals surface area contributed by atoms with Gasteiger partial charge in [0.15, 0.2) is 0 Å². The van der Waals surface area contributed by atoms with Crippen LogP contribution in [-0.4, -0.2) is 59.6 Å². The van der Waals surface area contributed by atoms with Gasteiger partial charge in [0.05, 0.1) is 13.2 Å². The first-order valence-electron chi connectivity index (χ1n) is 11.0. The Balaban J connectivity index is 1.88. The number of hydrogen-bond acceptors (Lipinski definition) is 5. The zero-order valence-corrected chi connectivity index (χ0v) is 17.1. The molecule has 1 saturated heterocycles. The summed E-state index contributed by atoms with van der Waals surface area (Å²) in [4.78, 5) is 0. The Kier molecular flexibility index (Phi) is 15.0. The molecule has 3 N–H and O–H groups in total. The van der Waals surface area contributed by atoms with E-state index in [1.807, 2.05) is 6.08 Å². The van der Waals surface area contributed by atoms with E-state index in [2.05, 4.69) is 6.58 Å². The second kappa shape index (κ2) is 16.5. The van der Waals surface area contributed by atoms with E-state index in [0.29, 0.717) is 6.61 Å². The molecule has 0 unspecified atom stereocenters. The van der Waals surface area contributed by atoms with E-state index >= 15 is 0 Å². The number of aliphatic hydroxyl groups is 3. The first-order valence-corrected chi connectivity index (χ1v) is 11.0. The van der Waals surface area contributed by atoms with Crippen LogP contribution in [0.1, 0.15) is 83.5 Å². The minimum absolute atomic E-state index is 0.0432. The predicted octanol–water partition coefficient (Wildman–Crippen LogP) is 3.74. The predicted molar refractivity (Wildman–Crippen MR) is 109 cm³/mol. The lowest BCUT2D eigenvalue weighted by atomic mass is 10.0. The molecule has 1 heterocycles. The van der Waals surface area contributed by atoms with Crippen molar-refractivity contribution < 1.29 is 24.8 Å². The normalized spacial score (nSPS) is 25.6. The van der Waals surface area contributed by atoms with E-state index in [4.69, 9.17) is 9.47 Å². The van der Waals surface area contributed by atoms with Crippen LogP contribution in [0.3, 0.4) is 0 Å². The fourth-order valence-electron chi connectivity index (χ4n) is 3.59. The van der Waals surface area contributed by atoms with Gasteiger partial charge in [0.25, 0.3) is 0 Å². The number of hydrogen-bond donors (Lipinski definition) is 3. The molecule has 0 aliphatic carbocycles. The summed E-state index contributed by atoms with van der Waals surface area (Å²) >= 11 is 0. The Morgan fingerprint density at radius 1 is 0.852 bits per heavy atom.